The smallest absolute Gasteiger partial charge is 0.387 e. The summed E-state index contributed by atoms with van der Waals surface area (Å²) in [6.45, 7) is 0.960. The summed E-state index contributed by atoms with van der Waals surface area (Å²) in [4.78, 5) is 18.2. The van der Waals surface area contributed by atoms with Gasteiger partial charge in [-0.25, -0.2) is 0 Å². The van der Waals surface area contributed by atoms with E-state index in [-0.39, 0.29) is 17.4 Å². The van der Waals surface area contributed by atoms with Gasteiger partial charge in [-0.2, -0.15) is 8.78 Å². The Hall–Kier alpha value is -2.19. The lowest BCUT2D eigenvalue weighted by atomic mass is 10.1. The second-order valence-electron chi connectivity index (χ2n) is 6.21. The molecule has 0 radical (unpaired) electrons. The van der Waals surface area contributed by atoms with Crippen molar-refractivity contribution in [1.82, 2.24) is 9.80 Å². The van der Waals surface area contributed by atoms with Gasteiger partial charge in [-0.1, -0.05) is 6.07 Å². The van der Waals surface area contributed by atoms with E-state index in [1.54, 1.807) is 16.2 Å². The van der Waals surface area contributed by atoms with Crippen LogP contribution in [0.5, 0.6) is 11.5 Å². The molecule has 0 unspecified atom stereocenters. The molecule has 5 nitrogen and oxygen atoms in total. The van der Waals surface area contributed by atoms with Gasteiger partial charge in [0.05, 0.1) is 7.11 Å². The third-order valence-corrected chi connectivity index (χ3v) is 5.48. The van der Waals surface area contributed by atoms with E-state index in [9.17, 15) is 13.6 Å². The monoisotopic (exact) mass is 396 g/mol. The second kappa shape index (κ2) is 9.14. The quantitative estimate of drug-likeness (QED) is 0.720. The molecule has 1 aromatic carbocycles. The fourth-order valence-electron chi connectivity index (χ4n) is 3.07. The molecule has 146 valence electrons. The number of ether oxygens (including phenoxy) is 2. The number of thiophene rings is 1. The van der Waals surface area contributed by atoms with Crippen LogP contribution >= 0.6 is 11.3 Å². The topological polar surface area (TPSA) is 42.0 Å². The summed E-state index contributed by atoms with van der Waals surface area (Å²) in [6, 6.07) is 8.48. The Bertz CT molecular complexity index is 747. The van der Waals surface area contributed by atoms with Crippen LogP contribution in [-0.2, 0) is 6.42 Å². The lowest BCUT2D eigenvalue weighted by molar-refractivity contribution is -0.0512. The van der Waals surface area contributed by atoms with Crippen molar-refractivity contribution >= 4 is 17.2 Å². The highest BCUT2D eigenvalue weighted by atomic mass is 32.1. The number of amides is 1. The molecule has 1 fully saturated rings. The van der Waals surface area contributed by atoms with Gasteiger partial charge in [-0.05, 0) is 36.1 Å². The van der Waals surface area contributed by atoms with Crippen molar-refractivity contribution in [1.29, 1.82) is 0 Å². The van der Waals surface area contributed by atoms with E-state index in [4.69, 9.17) is 4.74 Å². The first-order valence-electron chi connectivity index (χ1n) is 8.73. The van der Waals surface area contributed by atoms with E-state index in [2.05, 4.69) is 27.1 Å². The molecule has 1 aliphatic heterocycles. The van der Waals surface area contributed by atoms with Crippen LogP contribution in [0, 0.1) is 0 Å². The van der Waals surface area contributed by atoms with Gasteiger partial charge in [0.15, 0.2) is 11.5 Å². The molecule has 27 heavy (non-hydrogen) atoms. The Labute approximate surface area is 161 Å². The maximum atomic E-state index is 12.7. The molecule has 3 rings (SSSR count). The summed E-state index contributed by atoms with van der Waals surface area (Å²) < 4.78 is 34.3. The zero-order chi connectivity index (χ0) is 19.2. The molecule has 2 aromatic rings. The Morgan fingerprint density at radius 3 is 2.59 bits per heavy atom. The van der Waals surface area contributed by atoms with E-state index < -0.39 is 6.61 Å². The Balaban J connectivity index is 1.55. The fourth-order valence-corrected chi connectivity index (χ4v) is 3.77. The van der Waals surface area contributed by atoms with E-state index in [0.717, 1.165) is 26.1 Å². The van der Waals surface area contributed by atoms with Crippen molar-refractivity contribution in [2.45, 2.75) is 13.0 Å². The lowest BCUT2D eigenvalue weighted by Gasteiger charge is -2.34. The number of piperazine rings is 1. The highest BCUT2D eigenvalue weighted by molar-refractivity contribution is 7.09. The number of alkyl halides is 2. The first-order valence-corrected chi connectivity index (χ1v) is 9.61. The molecule has 0 spiro atoms. The lowest BCUT2D eigenvalue weighted by Crippen LogP contribution is -2.49. The van der Waals surface area contributed by atoms with Crippen LogP contribution in [0.15, 0.2) is 35.7 Å². The number of hydrogen-bond acceptors (Lipinski definition) is 5. The number of halogens is 2. The van der Waals surface area contributed by atoms with Gasteiger partial charge in [-0.3, -0.25) is 9.69 Å². The van der Waals surface area contributed by atoms with Crippen molar-refractivity contribution < 1.29 is 23.0 Å². The molecule has 8 heteroatoms. The first-order chi connectivity index (χ1) is 13.1. The number of nitrogens with zero attached hydrogens (tertiary/aromatic N) is 2. The van der Waals surface area contributed by atoms with Gasteiger partial charge >= 0.3 is 6.61 Å². The van der Waals surface area contributed by atoms with Gasteiger partial charge in [0.1, 0.15) is 0 Å². The molecule has 0 N–H and O–H groups in total. The van der Waals surface area contributed by atoms with Crippen molar-refractivity contribution in [2.24, 2.45) is 0 Å². The van der Waals surface area contributed by atoms with E-state index in [1.807, 2.05) is 0 Å². The molecule has 1 aliphatic rings. The van der Waals surface area contributed by atoms with Gasteiger partial charge in [0.25, 0.3) is 5.91 Å². The highest BCUT2D eigenvalue weighted by Crippen LogP contribution is 2.30. The van der Waals surface area contributed by atoms with Crippen LogP contribution in [0.3, 0.4) is 0 Å². The molecule has 1 aromatic heterocycles. The predicted octanol–water partition coefficient (Wildman–Crippen LogP) is 3.36. The molecule has 0 aliphatic carbocycles. The average molecular weight is 396 g/mol. The molecule has 0 bridgehead atoms. The second-order valence-corrected chi connectivity index (χ2v) is 7.24. The number of benzene rings is 1. The van der Waals surface area contributed by atoms with Crippen molar-refractivity contribution in [3.63, 3.8) is 0 Å². The zero-order valence-corrected chi connectivity index (χ0v) is 15.9. The summed E-state index contributed by atoms with van der Waals surface area (Å²) in [6.07, 6.45) is 1.02. The third kappa shape index (κ3) is 5.17. The van der Waals surface area contributed by atoms with Crippen molar-refractivity contribution in [2.75, 3.05) is 39.8 Å². The Morgan fingerprint density at radius 2 is 1.96 bits per heavy atom. The van der Waals surface area contributed by atoms with Gasteiger partial charge < -0.3 is 14.4 Å². The van der Waals surface area contributed by atoms with Crippen LogP contribution in [0.2, 0.25) is 0 Å². The Morgan fingerprint density at radius 1 is 1.19 bits per heavy atom. The first kappa shape index (κ1) is 19.6. The van der Waals surface area contributed by atoms with Crippen LogP contribution < -0.4 is 9.47 Å². The number of hydrogen-bond donors (Lipinski definition) is 0. The molecule has 0 atom stereocenters. The highest BCUT2D eigenvalue weighted by Gasteiger charge is 2.23. The minimum Gasteiger partial charge on any atom is -0.493 e. The van der Waals surface area contributed by atoms with Crippen LogP contribution in [0.4, 0.5) is 8.78 Å². The van der Waals surface area contributed by atoms with Gasteiger partial charge in [0, 0.05) is 43.2 Å². The normalized spacial score (nSPS) is 15.2. The molecule has 1 amide bonds. The maximum Gasteiger partial charge on any atom is 0.387 e. The summed E-state index contributed by atoms with van der Waals surface area (Å²) in [5, 5.41) is 2.08. The standard InChI is InChI=1S/C19H22F2N2O3S/c1-25-17-13-14(4-5-16(17)26-19(20)21)18(24)23-10-8-22(9-11-23)7-6-15-3-2-12-27-15/h2-5,12-13,19H,6-11H2,1H3. The molecule has 1 saturated heterocycles. The van der Waals surface area contributed by atoms with E-state index in [1.165, 1.54) is 30.2 Å². The molecule has 2 heterocycles. The minimum absolute atomic E-state index is 0.0811. The van der Waals surface area contributed by atoms with Crippen molar-refractivity contribution in [3.8, 4) is 11.5 Å². The Kier molecular flexibility index (Phi) is 6.63. The summed E-state index contributed by atoms with van der Waals surface area (Å²) >= 11 is 1.76. The van der Waals surface area contributed by atoms with Crippen LogP contribution in [0.25, 0.3) is 0 Å². The number of carbonyl (C=O) groups is 1. The fraction of sp³-hybridized carbons (Fsp3) is 0.421. The minimum atomic E-state index is -2.94. The number of methoxy groups -OCH3 is 1. The number of carbonyl (C=O) groups excluding carboxylic acids is 1. The van der Waals surface area contributed by atoms with Crippen molar-refractivity contribution in [3.05, 3.63) is 46.2 Å². The van der Waals surface area contributed by atoms with Crippen LogP contribution in [-0.4, -0.2) is 62.2 Å². The average Bonchev–Trinajstić information content (AvgIpc) is 3.20. The molecular formula is C19H22F2N2O3S. The van der Waals surface area contributed by atoms with Crippen LogP contribution in [0.1, 0.15) is 15.2 Å². The number of rotatable bonds is 7. The molecular weight excluding hydrogens is 374 g/mol. The molecule has 0 saturated carbocycles. The SMILES string of the molecule is COc1cc(C(=O)N2CCN(CCc3cccs3)CC2)ccc1OC(F)F. The largest absolute Gasteiger partial charge is 0.493 e. The summed E-state index contributed by atoms with van der Waals surface area (Å²) in [5.74, 6) is -0.0898. The summed E-state index contributed by atoms with van der Waals surface area (Å²) in [7, 11) is 1.36. The van der Waals surface area contributed by atoms with E-state index in [0.29, 0.717) is 18.7 Å². The van der Waals surface area contributed by atoms with E-state index >= 15 is 0 Å². The van der Waals surface area contributed by atoms with Gasteiger partial charge in [0.2, 0.25) is 0 Å². The maximum absolute atomic E-state index is 12.7. The summed E-state index contributed by atoms with van der Waals surface area (Å²) in [5.41, 5.74) is 0.403. The predicted molar refractivity (Wildman–Crippen MR) is 100.0 cm³/mol. The zero-order valence-electron chi connectivity index (χ0n) is 15.1. The van der Waals surface area contributed by atoms with Gasteiger partial charge in [-0.15, -0.1) is 11.3 Å². The third-order valence-electron chi connectivity index (χ3n) is 4.54.